The Balaban J connectivity index is 2.48. The Hall–Kier alpha value is -0.930. The fourth-order valence-electron chi connectivity index (χ4n) is 1.54. The number of carboxylic acids is 1. The molecule has 5 heteroatoms. The van der Waals surface area contributed by atoms with Crippen LogP contribution < -0.4 is 4.74 Å². The van der Waals surface area contributed by atoms with Gasteiger partial charge in [0, 0.05) is 0 Å². The lowest BCUT2D eigenvalue weighted by atomic mass is 10.0. The van der Waals surface area contributed by atoms with Crippen LogP contribution in [0.2, 0.25) is 0 Å². The molecule has 1 aliphatic heterocycles. The molecular formula is C10H8Cl2O3. The Bertz CT molecular complexity index is 406. The average molecular weight is 247 g/mol. The molecule has 1 aliphatic rings. The number of halogens is 2. The van der Waals surface area contributed by atoms with Crippen molar-refractivity contribution in [1.82, 2.24) is 0 Å². The van der Waals surface area contributed by atoms with Gasteiger partial charge in [-0.05, 0) is 18.1 Å². The first-order chi connectivity index (χ1) is 7.09. The smallest absolute Gasteiger partial charge is 0.339 e. The van der Waals surface area contributed by atoms with E-state index in [1.807, 2.05) is 0 Å². The predicted octanol–water partition coefficient (Wildman–Crippen LogP) is 2.49. The maximum atomic E-state index is 10.9. The number of para-hydroxylation sites is 1. The topological polar surface area (TPSA) is 46.5 Å². The number of hydrogen-bond donors (Lipinski definition) is 1. The highest BCUT2D eigenvalue weighted by Crippen LogP contribution is 2.34. The first-order valence-corrected chi connectivity index (χ1v) is 5.27. The molecule has 2 unspecified atom stereocenters. The van der Waals surface area contributed by atoms with Crippen LogP contribution in [-0.4, -0.2) is 22.0 Å². The standard InChI is InChI=1S/C10H8Cl2O3/c11-7-4-5-2-1-3-6(10(13)14)8(5)15-9(7)12/h1-3,7,9H,4H2,(H,13,14). The molecule has 2 rings (SSSR count). The summed E-state index contributed by atoms with van der Waals surface area (Å²) in [4.78, 5) is 10.9. The monoisotopic (exact) mass is 246 g/mol. The highest BCUT2D eigenvalue weighted by Gasteiger charge is 2.29. The predicted molar refractivity (Wildman–Crippen MR) is 57.0 cm³/mol. The molecule has 1 aromatic carbocycles. The van der Waals surface area contributed by atoms with E-state index < -0.39 is 11.5 Å². The van der Waals surface area contributed by atoms with E-state index in [0.717, 1.165) is 5.56 Å². The van der Waals surface area contributed by atoms with Crippen molar-refractivity contribution in [2.45, 2.75) is 17.4 Å². The second-order valence-electron chi connectivity index (χ2n) is 3.29. The number of ether oxygens (including phenoxy) is 1. The summed E-state index contributed by atoms with van der Waals surface area (Å²) < 4.78 is 5.29. The maximum absolute atomic E-state index is 10.9. The van der Waals surface area contributed by atoms with Crippen LogP contribution in [0.5, 0.6) is 5.75 Å². The van der Waals surface area contributed by atoms with Crippen LogP contribution in [0.15, 0.2) is 18.2 Å². The van der Waals surface area contributed by atoms with Crippen LogP contribution in [0.25, 0.3) is 0 Å². The largest absolute Gasteiger partial charge is 0.478 e. The molecule has 1 aromatic rings. The van der Waals surface area contributed by atoms with Gasteiger partial charge < -0.3 is 9.84 Å². The SMILES string of the molecule is O=C(O)c1cccc2c1OC(Cl)C(Cl)C2. The van der Waals surface area contributed by atoms with Crippen molar-refractivity contribution in [2.75, 3.05) is 0 Å². The van der Waals surface area contributed by atoms with E-state index >= 15 is 0 Å². The minimum absolute atomic E-state index is 0.127. The lowest BCUT2D eigenvalue weighted by molar-refractivity contribution is 0.0690. The van der Waals surface area contributed by atoms with Gasteiger partial charge in [0.1, 0.15) is 11.3 Å². The number of alkyl halides is 2. The lowest BCUT2D eigenvalue weighted by Crippen LogP contribution is -2.29. The molecule has 0 saturated carbocycles. The molecule has 15 heavy (non-hydrogen) atoms. The molecule has 0 fully saturated rings. The van der Waals surface area contributed by atoms with E-state index in [1.54, 1.807) is 12.1 Å². The van der Waals surface area contributed by atoms with Crippen molar-refractivity contribution in [3.63, 3.8) is 0 Å². The van der Waals surface area contributed by atoms with Crippen molar-refractivity contribution < 1.29 is 14.6 Å². The zero-order valence-corrected chi connectivity index (χ0v) is 9.13. The Kier molecular flexibility index (Phi) is 2.76. The average Bonchev–Trinajstić information content (AvgIpc) is 2.18. The summed E-state index contributed by atoms with van der Waals surface area (Å²) in [6.45, 7) is 0. The summed E-state index contributed by atoms with van der Waals surface area (Å²) in [7, 11) is 0. The van der Waals surface area contributed by atoms with Crippen molar-refractivity contribution in [1.29, 1.82) is 0 Å². The molecule has 0 aliphatic carbocycles. The van der Waals surface area contributed by atoms with Crippen LogP contribution in [0.3, 0.4) is 0 Å². The van der Waals surface area contributed by atoms with Crippen LogP contribution >= 0.6 is 23.2 Å². The zero-order chi connectivity index (χ0) is 11.0. The highest BCUT2D eigenvalue weighted by atomic mass is 35.5. The summed E-state index contributed by atoms with van der Waals surface area (Å²) in [5.41, 5.74) is 0.230. The molecule has 1 heterocycles. The van der Waals surface area contributed by atoms with Crippen molar-refractivity contribution >= 4 is 29.2 Å². The fourth-order valence-corrected chi connectivity index (χ4v) is 1.94. The Morgan fingerprint density at radius 3 is 2.87 bits per heavy atom. The van der Waals surface area contributed by atoms with Gasteiger partial charge in [0.15, 0.2) is 5.56 Å². The number of hydrogen-bond acceptors (Lipinski definition) is 2. The van der Waals surface area contributed by atoms with Crippen LogP contribution in [0.1, 0.15) is 15.9 Å². The molecule has 0 radical (unpaired) electrons. The van der Waals surface area contributed by atoms with Gasteiger partial charge in [0.05, 0.1) is 5.38 Å². The van der Waals surface area contributed by atoms with E-state index in [9.17, 15) is 4.79 Å². The third-order valence-corrected chi connectivity index (χ3v) is 3.16. The fraction of sp³-hybridized carbons (Fsp3) is 0.300. The summed E-state index contributed by atoms with van der Waals surface area (Å²) in [5.74, 6) is -0.689. The van der Waals surface area contributed by atoms with E-state index in [0.29, 0.717) is 12.2 Å². The zero-order valence-electron chi connectivity index (χ0n) is 7.61. The molecular weight excluding hydrogens is 239 g/mol. The summed E-state index contributed by atoms with van der Waals surface area (Å²) >= 11 is 11.7. The number of fused-ring (bicyclic) bond motifs is 1. The van der Waals surface area contributed by atoms with Crippen LogP contribution in [0, 0.1) is 0 Å². The van der Waals surface area contributed by atoms with Crippen molar-refractivity contribution in [3.05, 3.63) is 29.3 Å². The molecule has 2 atom stereocenters. The van der Waals surface area contributed by atoms with E-state index in [2.05, 4.69) is 0 Å². The third-order valence-electron chi connectivity index (χ3n) is 2.26. The molecule has 0 spiro atoms. The van der Waals surface area contributed by atoms with Gasteiger partial charge in [-0.3, -0.25) is 0 Å². The van der Waals surface area contributed by atoms with Gasteiger partial charge in [-0.2, -0.15) is 0 Å². The Morgan fingerprint density at radius 1 is 1.47 bits per heavy atom. The third kappa shape index (κ3) is 1.90. The van der Waals surface area contributed by atoms with Crippen molar-refractivity contribution in [2.24, 2.45) is 0 Å². The van der Waals surface area contributed by atoms with E-state index in [1.165, 1.54) is 6.07 Å². The number of aromatic carboxylic acids is 1. The second-order valence-corrected chi connectivity index (χ2v) is 4.28. The van der Waals surface area contributed by atoms with Gasteiger partial charge in [-0.1, -0.05) is 23.7 Å². The molecule has 0 amide bonds. The summed E-state index contributed by atoms with van der Waals surface area (Å²) in [6.07, 6.45) is 0.520. The normalized spacial score (nSPS) is 24.1. The second kappa shape index (κ2) is 3.91. The number of carboxylic acid groups (broad SMARTS) is 1. The summed E-state index contributed by atoms with van der Waals surface area (Å²) in [6, 6.07) is 4.95. The molecule has 3 nitrogen and oxygen atoms in total. The first kappa shape index (κ1) is 10.6. The van der Waals surface area contributed by atoms with Crippen LogP contribution in [0.4, 0.5) is 0 Å². The minimum atomic E-state index is -1.02. The van der Waals surface area contributed by atoms with Crippen LogP contribution in [-0.2, 0) is 6.42 Å². The summed E-state index contributed by atoms with van der Waals surface area (Å²) in [5, 5.41) is 8.61. The molecule has 0 saturated heterocycles. The van der Waals surface area contributed by atoms with Gasteiger partial charge >= 0.3 is 5.97 Å². The van der Waals surface area contributed by atoms with Gasteiger partial charge in [0.25, 0.3) is 0 Å². The molecule has 0 bridgehead atoms. The highest BCUT2D eigenvalue weighted by molar-refractivity contribution is 6.29. The maximum Gasteiger partial charge on any atom is 0.339 e. The minimum Gasteiger partial charge on any atom is -0.478 e. The van der Waals surface area contributed by atoms with Crippen molar-refractivity contribution in [3.8, 4) is 5.75 Å². The van der Waals surface area contributed by atoms with Gasteiger partial charge in [-0.25, -0.2) is 4.79 Å². The number of carbonyl (C=O) groups is 1. The quantitative estimate of drug-likeness (QED) is 0.775. The first-order valence-electron chi connectivity index (χ1n) is 4.39. The molecule has 0 aromatic heterocycles. The number of benzene rings is 1. The number of rotatable bonds is 1. The van der Waals surface area contributed by atoms with E-state index in [-0.39, 0.29) is 10.9 Å². The van der Waals surface area contributed by atoms with Gasteiger partial charge in [-0.15, -0.1) is 11.6 Å². The Labute approximate surface area is 96.6 Å². The Morgan fingerprint density at radius 2 is 2.20 bits per heavy atom. The van der Waals surface area contributed by atoms with E-state index in [4.69, 9.17) is 33.0 Å². The van der Waals surface area contributed by atoms with Gasteiger partial charge in [0.2, 0.25) is 0 Å². The molecule has 1 N–H and O–H groups in total. The molecule has 80 valence electrons. The lowest BCUT2D eigenvalue weighted by Gasteiger charge is -2.26.